The summed E-state index contributed by atoms with van der Waals surface area (Å²) in [5, 5.41) is 2.43. The molecule has 1 heterocycles. The number of Topliss-reactive ketones (excluding diaryl/α,β-unsaturated/α-hetero) is 1. The van der Waals surface area contributed by atoms with Gasteiger partial charge in [0.05, 0.1) is 11.8 Å². The van der Waals surface area contributed by atoms with E-state index < -0.39 is 0 Å². The van der Waals surface area contributed by atoms with Crippen molar-refractivity contribution < 1.29 is 14.4 Å². The van der Waals surface area contributed by atoms with Gasteiger partial charge in [0.15, 0.2) is 0 Å². The minimum Gasteiger partial charge on any atom is -0.299 e. The number of hydrogen-bond acceptors (Lipinski definition) is 3. The van der Waals surface area contributed by atoms with E-state index in [9.17, 15) is 14.4 Å². The molecule has 0 radical (unpaired) electrons. The van der Waals surface area contributed by atoms with Crippen LogP contribution in [-0.2, 0) is 14.4 Å². The van der Waals surface area contributed by atoms with Crippen LogP contribution < -0.4 is 5.32 Å². The largest absolute Gasteiger partial charge is 0.299 e. The van der Waals surface area contributed by atoms with Gasteiger partial charge in [-0.05, 0) is 25.7 Å². The van der Waals surface area contributed by atoms with Crippen LogP contribution >= 0.6 is 0 Å². The molecule has 4 heteroatoms. The fraction of sp³-hybridized carbons (Fsp3) is 0.643. The van der Waals surface area contributed by atoms with Gasteiger partial charge in [-0.1, -0.05) is 18.1 Å². The summed E-state index contributed by atoms with van der Waals surface area (Å²) in [6, 6.07) is 0. The number of rotatable bonds is 0. The van der Waals surface area contributed by atoms with Gasteiger partial charge in [-0.15, -0.1) is 0 Å². The molecule has 0 saturated carbocycles. The van der Waals surface area contributed by atoms with E-state index in [0.29, 0.717) is 25.0 Å². The van der Waals surface area contributed by atoms with E-state index in [2.05, 4.69) is 5.32 Å². The zero-order valence-corrected chi connectivity index (χ0v) is 10.5. The Kier molecular flexibility index (Phi) is 2.61. The molecule has 0 spiro atoms. The number of hydrogen-bond donors (Lipinski definition) is 1. The Bertz CT molecular complexity index is 477. The molecule has 3 aliphatic rings. The maximum Gasteiger partial charge on any atom is 0.230 e. The van der Waals surface area contributed by atoms with Gasteiger partial charge in [-0.25, -0.2) is 0 Å². The first kappa shape index (κ1) is 11.6. The highest BCUT2D eigenvalue weighted by Gasteiger charge is 2.45. The summed E-state index contributed by atoms with van der Waals surface area (Å²) in [5.74, 6) is -0.240. The Balaban J connectivity index is 1.89. The number of imide groups is 1. The van der Waals surface area contributed by atoms with Crippen molar-refractivity contribution in [2.24, 2.45) is 17.8 Å². The maximum atomic E-state index is 11.8. The summed E-state index contributed by atoms with van der Waals surface area (Å²) in [7, 11) is 0. The standard InChI is InChI=1S/C14H17NO3/c1-7-4-9-6-11-10(13(17)15-14(11)18)5-8(9)2-3-12(7)16/h7,10-11H,2-6H2,1H3,(H,15,17,18)/t7?,10-,11+/m1/s1. The molecule has 1 unspecified atom stereocenters. The fourth-order valence-electron chi connectivity index (χ4n) is 3.47. The molecule has 0 aromatic carbocycles. The summed E-state index contributed by atoms with van der Waals surface area (Å²) < 4.78 is 0. The molecule has 2 aliphatic carbocycles. The van der Waals surface area contributed by atoms with Crippen molar-refractivity contribution in [3.8, 4) is 0 Å². The summed E-state index contributed by atoms with van der Waals surface area (Å²) >= 11 is 0. The Morgan fingerprint density at radius 3 is 2.17 bits per heavy atom. The van der Waals surface area contributed by atoms with E-state index in [0.717, 1.165) is 12.8 Å². The minimum absolute atomic E-state index is 0.0641. The predicted molar refractivity (Wildman–Crippen MR) is 64.4 cm³/mol. The SMILES string of the molecule is CC1CC2=C(CCC1=O)C[C@H]1C(=O)NC(=O)[C@H]1C2. The molecule has 2 amide bonds. The van der Waals surface area contributed by atoms with Crippen molar-refractivity contribution in [3.63, 3.8) is 0 Å². The van der Waals surface area contributed by atoms with Crippen LogP contribution in [0, 0.1) is 17.8 Å². The molecule has 0 bridgehead atoms. The van der Waals surface area contributed by atoms with Gasteiger partial charge in [0.1, 0.15) is 5.78 Å². The van der Waals surface area contributed by atoms with Crippen molar-refractivity contribution in [1.29, 1.82) is 0 Å². The van der Waals surface area contributed by atoms with Crippen molar-refractivity contribution in [2.45, 2.75) is 39.0 Å². The first-order valence-electron chi connectivity index (χ1n) is 6.63. The van der Waals surface area contributed by atoms with E-state index in [-0.39, 0.29) is 29.6 Å². The van der Waals surface area contributed by atoms with Gasteiger partial charge < -0.3 is 0 Å². The molecule has 96 valence electrons. The van der Waals surface area contributed by atoms with Crippen LogP contribution in [0.1, 0.15) is 39.0 Å². The lowest BCUT2D eigenvalue weighted by molar-refractivity contribution is -0.126. The van der Waals surface area contributed by atoms with Gasteiger partial charge in [-0.2, -0.15) is 0 Å². The van der Waals surface area contributed by atoms with Crippen LogP contribution in [0.4, 0.5) is 0 Å². The Labute approximate surface area is 106 Å². The first-order chi connectivity index (χ1) is 8.56. The van der Waals surface area contributed by atoms with Gasteiger partial charge in [0, 0.05) is 12.3 Å². The molecule has 1 N–H and O–H groups in total. The summed E-state index contributed by atoms with van der Waals surface area (Å²) in [5.41, 5.74) is 2.53. The zero-order chi connectivity index (χ0) is 12.9. The van der Waals surface area contributed by atoms with E-state index in [1.54, 1.807) is 0 Å². The lowest BCUT2D eigenvalue weighted by atomic mass is 9.75. The van der Waals surface area contributed by atoms with Crippen LogP contribution in [0.25, 0.3) is 0 Å². The monoisotopic (exact) mass is 247 g/mol. The topological polar surface area (TPSA) is 63.2 Å². The van der Waals surface area contributed by atoms with Crippen LogP contribution in [0.5, 0.6) is 0 Å². The molecule has 1 saturated heterocycles. The van der Waals surface area contributed by atoms with Gasteiger partial charge >= 0.3 is 0 Å². The lowest BCUT2D eigenvalue weighted by Gasteiger charge is -2.26. The second-order valence-electron chi connectivity index (χ2n) is 5.75. The highest BCUT2D eigenvalue weighted by molar-refractivity contribution is 6.05. The fourth-order valence-corrected chi connectivity index (χ4v) is 3.47. The summed E-state index contributed by atoms with van der Waals surface area (Å²) in [6.07, 6.45) is 3.50. The van der Waals surface area contributed by atoms with Crippen LogP contribution in [-0.4, -0.2) is 17.6 Å². The molecule has 0 aromatic rings. The van der Waals surface area contributed by atoms with Crippen LogP contribution in [0.3, 0.4) is 0 Å². The van der Waals surface area contributed by atoms with E-state index >= 15 is 0 Å². The third-order valence-electron chi connectivity index (χ3n) is 4.61. The second kappa shape index (κ2) is 4.04. The smallest absolute Gasteiger partial charge is 0.230 e. The van der Waals surface area contributed by atoms with E-state index in [1.165, 1.54) is 11.1 Å². The number of carbonyl (C=O) groups is 3. The second-order valence-corrected chi connectivity index (χ2v) is 5.75. The van der Waals surface area contributed by atoms with Crippen molar-refractivity contribution in [2.75, 3.05) is 0 Å². The Morgan fingerprint density at radius 1 is 0.889 bits per heavy atom. The normalized spacial score (nSPS) is 36.1. The average Bonchev–Trinajstić information content (AvgIpc) is 2.52. The number of carbonyl (C=O) groups excluding carboxylic acids is 3. The number of fused-ring (bicyclic) bond motifs is 1. The van der Waals surface area contributed by atoms with Crippen molar-refractivity contribution in [1.82, 2.24) is 5.32 Å². The minimum atomic E-state index is -0.184. The Morgan fingerprint density at radius 2 is 1.50 bits per heavy atom. The third kappa shape index (κ3) is 1.71. The maximum absolute atomic E-state index is 11.8. The number of allylic oxidation sites excluding steroid dienone is 2. The van der Waals surface area contributed by atoms with Gasteiger partial charge in [0.25, 0.3) is 0 Å². The predicted octanol–water partition coefficient (Wildman–Crippen LogP) is 1.35. The quantitative estimate of drug-likeness (QED) is 0.519. The molecule has 1 aliphatic heterocycles. The number of ketones is 1. The van der Waals surface area contributed by atoms with E-state index in [4.69, 9.17) is 0 Å². The van der Waals surface area contributed by atoms with Crippen LogP contribution in [0.2, 0.25) is 0 Å². The zero-order valence-electron chi connectivity index (χ0n) is 10.5. The molecular weight excluding hydrogens is 230 g/mol. The summed E-state index contributed by atoms with van der Waals surface area (Å²) in [6.45, 7) is 1.96. The molecule has 3 rings (SSSR count). The first-order valence-corrected chi connectivity index (χ1v) is 6.63. The summed E-state index contributed by atoms with van der Waals surface area (Å²) in [4.78, 5) is 35.2. The molecule has 4 nitrogen and oxygen atoms in total. The molecule has 3 atom stereocenters. The van der Waals surface area contributed by atoms with Crippen LogP contribution in [0.15, 0.2) is 11.1 Å². The van der Waals surface area contributed by atoms with Crippen molar-refractivity contribution >= 4 is 17.6 Å². The highest BCUT2D eigenvalue weighted by atomic mass is 16.2. The molecule has 1 fully saturated rings. The molecule has 18 heavy (non-hydrogen) atoms. The van der Waals surface area contributed by atoms with Crippen molar-refractivity contribution in [3.05, 3.63) is 11.1 Å². The van der Waals surface area contributed by atoms with Gasteiger partial charge in [-0.3, -0.25) is 19.7 Å². The van der Waals surface area contributed by atoms with Gasteiger partial charge in [0.2, 0.25) is 11.8 Å². The number of amides is 2. The average molecular weight is 247 g/mol. The molecular formula is C14H17NO3. The van der Waals surface area contributed by atoms with E-state index in [1.807, 2.05) is 6.92 Å². The third-order valence-corrected chi connectivity index (χ3v) is 4.61. The number of nitrogens with one attached hydrogen (secondary N) is 1. The Hall–Kier alpha value is -1.45. The lowest BCUT2D eigenvalue weighted by Crippen LogP contribution is -2.24. The highest BCUT2D eigenvalue weighted by Crippen LogP contribution is 2.42. The molecule has 0 aromatic heterocycles.